The van der Waals surface area contributed by atoms with Gasteiger partial charge in [-0.1, -0.05) is 0 Å². The van der Waals surface area contributed by atoms with E-state index in [9.17, 15) is 0 Å². The molecule has 1 aromatic rings. The molecular weight excluding hydrogens is 178 g/mol. The molecule has 2 heterocycles. The van der Waals surface area contributed by atoms with Crippen LogP contribution in [0.25, 0.3) is 0 Å². The van der Waals surface area contributed by atoms with Crippen molar-refractivity contribution in [2.24, 2.45) is 5.92 Å². The molecule has 2 heteroatoms. The third-order valence-corrected chi connectivity index (χ3v) is 4.24. The lowest BCUT2D eigenvalue weighted by atomic mass is 10.1. The Morgan fingerprint density at radius 1 is 1.31 bits per heavy atom. The van der Waals surface area contributed by atoms with Crippen LogP contribution in [0.3, 0.4) is 0 Å². The fourth-order valence-electron chi connectivity index (χ4n) is 2.28. The van der Waals surface area contributed by atoms with E-state index in [1.54, 1.807) is 10.4 Å². The van der Waals surface area contributed by atoms with Gasteiger partial charge in [-0.2, -0.15) is 0 Å². The van der Waals surface area contributed by atoms with Gasteiger partial charge in [-0.05, 0) is 48.6 Å². The van der Waals surface area contributed by atoms with E-state index < -0.39 is 0 Å². The Balaban J connectivity index is 1.75. The Labute approximate surface area is 83.2 Å². The summed E-state index contributed by atoms with van der Waals surface area (Å²) >= 11 is 1.91. The molecule has 0 radical (unpaired) electrons. The molecule has 0 bridgehead atoms. The molecule has 1 unspecified atom stereocenters. The summed E-state index contributed by atoms with van der Waals surface area (Å²) in [6.07, 6.45) is 5.58. The van der Waals surface area contributed by atoms with Gasteiger partial charge in [-0.15, -0.1) is 11.3 Å². The molecule has 1 nitrogen and oxygen atoms in total. The predicted octanol–water partition coefficient (Wildman–Crippen LogP) is 2.56. The maximum Gasteiger partial charge on any atom is 0.0305 e. The molecule has 1 aliphatic carbocycles. The molecule has 3 rings (SSSR count). The molecular formula is C11H15NS. The first-order chi connectivity index (χ1) is 6.43. The summed E-state index contributed by atoms with van der Waals surface area (Å²) in [5, 5.41) is 5.92. The van der Waals surface area contributed by atoms with E-state index in [0.717, 1.165) is 18.5 Å². The fourth-order valence-corrected chi connectivity index (χ4v) is 3.17. The van der Waals surface area contributed by atoms with Crippen LogP contribution in [0.4, 0.5) is 0 Å². The zero-order valence-electron chi connectivity index (χ0n) is 7.75. The number of hydrogen-bond donors (Lipinski definition) is 1. The third kappa shape index (κ3) is 1.53. The summed E-state index contributed by atoms with van der Waals surface area (Å²) in [7, 11) is 0. The number of thiophene rings is 1. The minimum Gasteiger partial charge on any atom is -0.309 e. The first-order valence-corrected chi connectivity index (χ1v) is 6.10. The number of hydrogen-bond acceptors (Lipinski definition) is 2. The molecule has 0 spiro atoms. The summed E-state index contributed by atoms with van der Waals surface area (Å²) < 4.78 is 0. The SMILES string of the molecule is c1cc2c(s1)CNC(C1CC1)CC2. The van der Waals surface area contributed by atoms with Crippen LogP contribution in [0.1, 0.15) is 29.7 Å². The lowest BCUT2D eigenvalue weighted by Gasteiger charge is -2.13. The monoisotopic (exact) mass is 193 g/mol. The highest BCUT2D eigenvalue weighted by Crippen LogP contribution is 2.36. The number of aryl methyl sites for hydroxylation is 1. The Morgan fingerprint density at radius 3 is 3.08 bits per heavy atom. The van der Waals surface area contributed by atoms with Gasteiger partial charge in [0, 0.05) is 17.5 Å². The van der Waals surface area contributed by atoms with Crippen molar-refractivity contribution in [1.82, 2.24) is 5.32 Å². The van der Waals surface area contributed by atoms with Crippen LogP contribution in [0.15, 0.2) is 11.4 Å². The van der Waals surface area contributed by atoms with Crippen LogP contribution in [0.2, 0.25) is 0 Å². The molecule has 1 aliphatic heterocycles. The second-order valence-corrected chi connectivity index (χ2v) is 5.23. The van der Waals surface area contributed by atoms with E-state index >= 15 is 0 Å². The molecule has 0 amide bonds. The topological polar surface area (TPSA) is 12.0 Å². The molecule has 13 heavy (non-hydrogen) atoms. The van der Waals surface area contributed by atoms with Crippen molar-refractivity contribution in [1.29, 1.82) is 0 Å². The Kier molecular flexibility index (Phi) is 1.91. The van der Waals surface area contributed by atoms with Crippen LogP contribution in [0, 0.1) is 5.92 Å². The number of fused-ring (bicyclic) bond motifs is 1. The molecule has 1 N–H and O–H groups in total. The standard InChI is InChI=1S/C11H15NS/c1-2-8(1)10-4-3-9-5-6-13-11(9)7-12-10/h5-6,8,10,12H,1-4,7H2. The maximum absolute atomic E-state index is 3.70. The van der Waals surface area contributed by atoms with E-state index in [-0.39, 0.29) is 0 Å². The average Bonchev–Trinajstić information content (AvgIpc) is 2.90. The lowest BCUT2D eigenvalue weighted by Crippen LogP contribution is -2.28. The number of nitrogens with one attached hydrogen (secondary N) is 1. The van der Waals surface area contributed by atoms with Gasteiger partial charge in [-0.3, -0.25) is 0 Å². The van der Waals surface area contributed by atoms with Gasteiger partial charge in [0.2, 0.25) is 0 Å². The average molecular weight is 193 g/mol. The fraction of sp³-hybridized carbons (Fsp3) is 0.636. The van der Waals surface area contributed by atoms with E-state index in [4.69, 9.17) is 0 Å². The van der Waals surface area contributed by atoms with Gasteiger partial charge in [0.15, 0.2) is 0 Å². The van der Waals surface area contributed by atoms with Gasteiger partial charge >= 0.3 is 0 Å². The molecule has 1 atom stereocenters. The quantitative estimate of drug-likeness (QED) is 0.723. The van der Waals surface area contributed by atoms with Crippen LogP contribution >= 0.6 is 11.3 Å². The van der Waals surface area contributed by atoms with Crippen molar-refractivity contribution < 1.29 is 0 Å². The van der Waals surface area contributed by atoms with Gasteiger partial charge in [0.05, 0.1) is 0 Å². The van der Waals surface area contributed by atoms with Crippen LogP contribution in [0.5, 0.6) is 0 Å². The van der Waals surface area contributed by atoms with Crippen molar-refractivity contribution in [3.63, 3.8) is 0 Å². The van der Waals surface area contributed by atoms with Crippen LogP contribution in [-0.4, -0.2) is 6.04 Å². The van der Waals surface area contributed by atoms with Crippen molar-refractivity contribution in [2.75, 3.05) is 0 Å². The summed E-state index contributed by atoms with van der Waals surface area (Å²) in [4.78, 5) is 1.57. The Hall–Kier alpha value is -0.340. The minimum absolute atomic E-state index is 0.819. The highest BCUT2D eigenvalue weighted by molar-refractivity contribution is 7.10. The second-order valence-electron chi connectivity index (χ2n) is 4.23. The summed E-state index contributed by atoms with van der Waals surface area (Å²) in [6, 6.07) is 3.12. The van der Waals surface area contributed by atoms with Crippen molar-refractivity contribution in [2.45, 2.75) is 38.3 Å². The predicted molar refractivity (Wildman–Crippen MR) is 56.0 cm³/mol. The van der Waals surface area contributed by atoms with Crippen LogP contribution < -0.4 is 5.32 Å². The normalized spacial score (nSPS) is 28.2. The van der Waals surface area contributed by atoms with E-state index in [1.165, 1.54) is 25.7 Å². The maximum atomic E-state index is 3.70. The number of rotatable bonds is 1. The molecule has 70 valence electrons. The zero-order valence-corrected chi connectivity index (χ0v) is 8.57. The first kappa shape index (κ1) is 8.01. The van der Waals surface area contributed by atoms with E-state index in [2.05, 4.69) is 16.8 Å². The highest BCUT2D eigenvalue weighted by Gasteiger charge is 2.31. The highest BCUT2D eigenvalue weighted by atomic mass is 32.1. The Bertz CT molecular complexity index is 278. The summed E-state index contributed by atoms with van der Waals surface area (Å²) in [6.45, 7) is 1.12. The smallest absolute Gasteiger partial charge is 0.0305 e. The largest absolute Gasteiger partial charge is 0.309 e. The summed E-state index contributed by atoms with van der Waals surface area (Å²) in [5.41, 5.74) is 1.60. The molecule has 2 aliphatic rings. The lowest BCUT2D eigenvalue weighted by molar-refractivity contribution is 0.448. The Morgan fingerprint density at radius 2 is 2.23 bits per heavy atom. The van der Waals surface area contributed by atoms with Crippen molar-refractivity contribution in [3.05, 3.63) is 21.9 Å². The molecule has 1 saturated carbocycles. The van der Waals surface area contributed by atoms with Gasteiger partial charge in [0.25, 0.3) is 0 Å². The van der Waals surface area contributed by atoms with Crippen molar-refractivity contribution >= 4 is 11.3 Å². The van der Waals surface area contributed by atoms with Gasteiger partial charge in [-0.25, -0.2) is 0 Å². The van der Waals surface area contributed by atoms with E-state index in [1.807, 2.05) is 11.3 Å². The third-order valence-electron chi connectivity index (χ3n) is 3.28. The summed E-state index contributed by atoms with van der Waals surface area (Å²) in [5.74, 6) is 1.01. The van der Waals surface area contributed by atoms with E-state index in [0.29, 0.717) is 0 Å². The van der Waals surface area contributed by atoms with Crippen LogP contribution in [-0.2, 0) is 13.0 Å². The van der Waals surface area contributed by atoms with Gasteiger partial charge in [0.1, 0.15) is 0 Å². The zero-order chi connectivity index (χ0) is 8.67. The minimum atomic E-state index is 0.819. The first-order valence-electron chi connectivity index (χ1n) is 5.22. The molecule has 1 aromatic heterocycles. The second kappa shape index (κ2) is 3.10. The molecule has 0 aromatic carbocycles. The molecule has 0 saturated heterocycles. The van der Waals surface area contributed by atoms with Crippen molar-refractivity contribution in [3.8, 4) is 0 Å². The van der Waals surface area contributed by atoms with Gasteiger partial charge < -0.3 is 5.32 Å². The molecule has 1 fully saturated rings.